The van der Waals surface area contributed by atoms with Crippen molar-refractivity contribution in [3.8, 4) is 5.75 Å². The van der Waals surface area contributed by atoms with Crippen molar-refractivity contribution in [2.45, 2.75) is 137 Å². The number of fused-ring (bicyclic) bond motifs is 5. The maximum absolute atomic E-state index is 14.9. The molecule has 0 radical (unpaired) electrons. The molecule has 2 aromatic heterocycles. The average Bonchev–Trinajstić information content (AvgIpc) is 1.57. The van der Waals surface area contributed by atoms with Gasteiger partial charge in [0.1, 0.15) is 65.2 Å². The highest BCUT2D eigenvalue weighted by Crippen LogP contribution is 2.32. The number of aromatic hydroxyl groups is 1. The van der Waals surface area contributed by atoms with Gasteiger partial charge in [-0.25, -0.2) is 8.78 Å². The number of halogens is 2. The van der Waals surface area contributed by atoms with Gasteiger partial charge >= 0.3 is 5.97 Å². The fourth-order valence-electron chi connectivity index (χ4n) is 11.4. The van der Waals surface area contributed by atoms with Gasteiger partial charge in [0.2, 0.25) is 59.1 Å². The summed E-state index contributed by atoms with van der Waals surface area (Å²) in [7, 11) is 0. The van der Waals surface area contributed by atoms with E-state index in [-0.39, 0.29) is 61.1 Å². The van der Waals surface area contributed by atoms with Gasteiger partial charge in [0.25, 0.3) is 0 Å². The summed E-state index contributed by atoms with van der Waals surface area (Å²) in [5.74, 6) is -10.4. The third-order valence-electron chi connectivity index (χ3n) is 16.7. The molecular formula is C66H79F2N13O13S2. The van der Waals surface area contributed by atoms with Gasteiger partial charge in [-0.3, -0.25) is 52.7 Å². The zero-order valence-electron chi connectivity index (χ0n) is 52.9. The number of phenolic OH excluding ortho intramolecular Hbond substituents is 1. The standard InChI is InChI=1S/C66H79F2N13O13S2/c1-36-59(88)79-53(24-37-10-14-44(82)15-11-37)64(93)81-21-6-19-66(81,2)65(94)80-54(58(70)87)35-96-34-39-8-5-7-38(23-39)33-95-22-18-55(83)75-49(9-3-4-20-69)60(89)73-32-56(84)76-50(25-40-30-71-47-16-12-42(67)27-45(40)47)62(91)77-51(63(92)78-52(29-57(85)86)61(90)74-36)26-41-31-72-48-17-13-43(68)28-46(41)48/h5,7-8,10-17,23,27-28,30-31,36,49-54,71-72,82H,3-4,6,9,18-22,24-26,29,32-35,69H2,1-2H3,(H2,70,87)(H,73,89)(H,74,90)(H,75,83)(H,76,84)(H,77,91)(H,78,92)(H,79,88)(H,80,94)(H,85,86)/t36-,49+,50+,51+,52+,53+,54+,66+/m1/s1. The molecule has 0 spiro atoms. The van der Waals surface area contributed by atoms with E-state index in [1.54, 1.807) is 0 Å². The fourth-order valence-corrected chi connectivity index (χ4v) is 13.3. The van der Waals surface area contributed by atoms with E-state index in [1.165, 1.54) is 115 Å². The number of hydrogen-bond acceptors (Lipinski definition) is 15. The molecule has 1 fully saturated rings. The summed E-state index contributed by atoms with van der Waals surface area (Å²) in [6, 6.07) is 10.3. The van der Waals surface area contributed by atoms with E-state index in [0.29, 0.717) is 70.6 Å². The van der Waals surface area contributed by atoms with Crippen molar-refractivity contribution < 1.29 is 71.7 Å². The van der Waals surface area contributed by atoms with Crippen LogP contribution in [0.1, 0.15) is 86.6 Å². The lowest BCUT2D eigenvalue weighted by Gasteiger charge is -2.37. The number of nitrogens with one attached hydrogen (secondary N) is 10. The minimum absolute atomic E-state index is 0.0147. The van der Waals surface area contributed by atoms with Gasteiger partial charge in [-0.1, -0.05) is 36.4 Å². The molecule has 16 N–H and O–H groups in total. The molecule has 2 bridgehead atoms. The zero-order valence-corrected chi connectivity index (χ0v) is 54.5. The number of amides is 10. The molecule has 4 aromatic carbocycles. The number of aromatic amines is 2. The van der Waals surface area contributed by atoms with E-state index < -0.39 is 144 Å². The summed E-state index contributed by atoms with van der Waals surface area (Å²) >= 11 is 2.79. The highest BCUT2D eigenvalue weighted by Gasteiger charge is 2.48. The molecule has 0 aliphatic carbocycles. The van der Waals surface area contributed by atoms with Crippen LogP contribution in [0.4, 0.5) is 8.78 Å². The number of benzene rings is 4. The summed E-state index contributed by atoms with van der Waals surface area (Å²) in [6.07, 6.45) is 2.38. The van der Waals surface area contributed by atoms with Crippen molar-refractivity contribution in [1.82, 2.24) is 57.4 Å². The first-order valence-electron chi connectivity index (χ1n) is 31.3. The molecule has 30 heteroatoms. The Balaban J connectivity index is 1.11. The molecule has 2 aliphatic heterocycles. The summed E-state index contributed by atoms with van der Waals surface area (Å²) in [5.41, 5.74) is 13.8. The van der Waals surface area contributed by atoms with Crippen molar-refractivity contribution in [2.24, 2.45) is 11.5 Å². The monoisotopic (exact) mass is 1360 g/mol. The first-order valence-corrected chi connectivity index (χ1v) is 33.6. The average molecular weight is 1360 g/mol. The number of phenols is 1. The number of aromatic nitrogens is 2. The van der Waals surface area contributed by atoms with Crippen LogP contribution in [0.2, 0.25) is 0 Å². The van der Waals surface area contributed by atoms with Crippen molar-refractivity contribution >= 4 is 110 Å². The molecule has 0 saturated carbocycles. The normalized spacial score (nSPS) is 23.3. The largest absolute Gasteiger partial charge is 0.508 e. The number of carbonyl (C=O) groups is 11. The van der Waals surface area contributed by atoms with Crippen LogP contribution >= 0.6 is 23.5 Å². The van der Waals surface area contributed by atoms with Crippen LogP contribution < -0.4 is 54.0 Å². The number of thioether (sulfide) groups is 2. The zero-order chi connectivity index (χ0) is 69.2. The Morgan fingerprint density at radius 3 is 1.85 bits per heavy atom. The number of carbonyl (C=O) groups excluding carboxylic acids is 10. The van der Waals surface area contributed by atoms with E-state index in [1.807, 2.05) is 24.3 Å². The number of unbranched alkanes of at least 4 members (excludes halogenated alkanes) is 1. The summed E-state index contributed by atoms with van der Waals surface area (Å²) in [4.78, 5) is 162. The molecular weight excluding hydrogens is 1280 g/mol. The third kappa shape index (κ3) is 19.8. The highest BCUT2D eigenvalue weighted by atomic mass is 32.2. The number of nitrogens with two attached hydrogens (primary N) is 2. The number of aliphatic carboxylic acids is 1. The van der Waals surface area contributed by atoms with Crippen LogP contribution in [-0.4, -0.2) is 169 Å². The third-order valence-corrected chi connectivity index (χ3v) is 18.8. The minimum atomic E-state index is -1.98. The lowest BCUT2D eigenvalue weighted by Crippen LogP contribution is -2.63. The molecule has 512 valence electrons. The molecule has 6 aromatic rings. The predicted molar refractivity (Wildman–Crippen MR) is 355 cm³/mol. The molecule has 96 heavy (non-hydrogen) atoms. The summed E-state index contributed by atoms with van der Waals surface area (Å²) in [6.45, 7) is 2.35. The quantitative estimate of drug-likeness (QED) is 0.0737. The van der Waals surface area contributed by atoms with E-state index in [2.05, 4.69) is 52.5 Å². The Kier molecular flexibility index (Phi) is 25.4. The van der Waals surface area contributed by atoms with Crippen LogP contribution in [0.25, 0.3) is 21.8 Å². The number of rotatable bonds is 13. The predicted octanol–water partition coefficient (Wildman–Crippen LogP) is 2.23. The highest BCUT2D eigenvalue weighted by molar-refractivity contribution is 7.98. The lowest BCUT2D eigenvalue weighted by atomic mass is 9.95. The number of carboxylic acid groups (broad SMARTS) is 1. The minimum Gasteiger partial charge on any atom is -0.508 e. The number of carboxylic acids is 1. The molecule has 2 aliphatic rings. The van der Waals surface area contributed by atoms with Gasteiger partial charge in [-0.15, -0.1) is 0 Å². The first kappa shape index (κ1) is 72.3. The van der Waals surface area contributed by atoms with Gasteiger partial charge in [0.15, 0.2) is 0 Å². The molecule has 1 saturated heterocycles. The second-order valence-electron chi connectivity index (χ2n) is 24.0. The Hall–Kier alpha value is -9.55. The first-order chi connectivity index (χ1) is 45.9. The smallest absolute Gasteiger partial charge is 0.305 e. The lowest BCUT2D eigenvalue weighted by molar-refractivity contribution is -0.147. The fraction of sp³-hybridized carbons (Fsp3) is 0.409. The number of primary amides is 1. The van der Waals surface area contributed by atoms with Gasteiger partial charge in [0.05, 0.1) is 13.0 Å². The van der Waals surface area contributed by atoms with Gasteiger partial charge in [-0.05, 0) is 129 Å². The van der Waals surface area contributed by atoms with Crippen LogP contribution in [0.5, 0.6) is 5.75 Å². The summed E-state index contributed by atoms with van der Waals surface area (Å²) in [5, 5.41) is 41.5. The van der Waals surface area contributed by atoms with Gasteiger partial charge in [0, 0.05) is 89.4 Å². The number of nitrogens with zero attached hydrogens (tertiary/aromatic N) is 1. The Labute approximate surface area is 559 Å². The van der Waals surface area contributed by atoms with Crippen LogP contribution in [0.3, 0.4) is 0 Å². The van der Waals surface area contributed by atoms with E-state index >= 15 is 0 Å². The van der Waals surface area contributed by atoms with E-state index in [0.717, 1.165) is 11.1 Å². The SMILES string of the molecule is C[C@H]1NC(=O)[C@H](CC(=O)O)NC(=O)[C@H](Cc2c[nH]c3ccc(F)cc23)NC(=O)[C@H](Cc2c[nH]c3ccc(F)cc23)NC(=O)CNC(=O)[C@H](CCCCN)NC(=O)CCSCc2cccc(c2)CSC[C@@H](C(N)=O)NC(=O)[C@]2(C)CCCN2C(=O)[C@H](Cc2ccc(O)cc2)NC1=O. The van der Waals surface area contributed by atoms with Crippen molar-refractivity contribution in [1.29, 1.82) is 0 Å². The maximum atomic E-state index is 14.9. The molecule has 4 heterocycles. The van der Waals surface area contributed by atoms with Crippen LogP contribution in [0.15, 0.2) is 97.3 Å². The molecule has 0 unspecified atom stereocenters. The van der Waals surface area contributed by atoms with Crippen LogP contribution in [0, 0.1) is 11.6 Å². The number of H-pyrrole nitrogens is 2. The second kappa shape index (κ2) is 33.7. The maximum Gasteiger partial charge on any atom is 0.305 e. The Bertz CT molecular complexity index is 3850. The molecule has 8 atom stereocenters. The van der Waals surface area contributed by atoms with E-state index in [9.17, 15) is 71.7 Å². The van der Waals surface area contributed by atoms with Crippen molar-refractivity contribution in [3.05, 3.63) is 137 Å². The van der Waals surface area contributed by atoms with E-state index in [4.69, 9.17) is 11.5 Å². The molecule has 8 rings (SSSR count). The van der Waals surface area contributed by atoms with Crippen LogP contribution in [-0.2, 0) is 83.5 Å². The Morgan fingerprint density at radius 2 is 1.24 bits per heavy atom. The number of hydrogen-bond donors (Lipinski definition) is 14. The molecule has 10 amide bonds. The second-order valence-corrected chi connectivity index (χ2v) is 26.1. The van der Waals surface area contributed by atoms with Crippen molar-refractivity contribution in [2.75, 3.05) is 31.1 Å². The van der Waals surface area contributed by atoms with Gasteiger partial charge in [-0.2, -0.15) is 23.5 Å². The van der Waals surface area contributed by atoms with Gasteiger partial charge < -0.3 is 79.1 Å². The topological polar surface area (TPSA) is 411 Å². The van der Waals surface area contributed by atoms with Crippen molar-refractivity contribution in [3.63, 3.8) is 0 Å². The molecule has 26 nitrogen and oxygen atoms in total. The Morgan fingerprint density at radius 1 is 0.656 bits per heavy atom. The summed E-state index contributed by atoms with van der Waals surface area (Å²) < 4.78 is 29.6.